The Balaban J connectivity index is 3.08. The van der Waals surface area contributed by atoms with Crippen LogP contribution in [0.15, 0.2) is 18.3 Å². The maximum atomic E-state index is 12.3. The molecular weight excluding hydrogens is 211 g/mol. The molecule has 0 spiro atoms. The van der Waals surface area contributed by atoms with Gasteiger partial charge in [0, 0.05) is 13.0 Å². The third-order valence-corrected chi connectivity index (χ3v) is 1.87. The van der Waals surface area contributed by atoms with E-state index in [0.29, 0.717) is 4.73 Å². The monoisotopic (exact) mass is 219 g/mol. The molecule has 0 saturated carbocycles. The van der Waals surface area contributed by atoms with Gasteiger partial charge in [0.1, 0.15) is 7.11 Å². The molecule has 0 saturated heterocycles. The zero-order chi connectivity index (χ0) is 11.6. The van der Waals surface area contributed by atoms with Crippen molar-refractivity contribution in [1.82, 2.24) is 0 Å². The molecule has 0 bridgehead atoms. The molecule has 0 fully saturated rings. The predicted octanol–water partition coefficient (Wildman–Crippen LogP) is 1.92. The number of aromatic nitrogens is 1. The molecule has 1 aromatic heterocycles. The summed E-state index contributed by atoms with van der Waals surface area (Å²) in [6.45, 7) is 1.47. The van der Waals surface area contributed by atoms with Crippen LogP contribution in [0.3, 0.4) is 0 Å². The normalized spacial score (nSPS) is 13.9. The molecule has 3 nitrogen and oxygen atoms in total. The Bertz CT molecular complexity index is 352. The Labute approximate surface area is 84.7 Å². The summed E-state index contributed by atoms with van der Waals surface area (Å²) in [6, 6.07) is 2.41. The number of halogens is 3. The highest BCUT2D eigenvalue weighted by molar-refractivity contribution is 5.14. The lowest BCUT2D eigenvalue weighted by Crippen LogP contribution is -2.32. The fraction of sp³-hybridized carbons (Fsp3) is 0.333. The number of hydrogen-bond acceptors (Lipinski definition) is 2. The Hall–Kier alpha value is -1.30. The first-order valence-corrected chi connectivity index (χ1v) is 3.98. The van der Waals surface area contributed by atoms with E-state index in [-0.39, 0.29) is 11.3 Å². The van der Waals surface area contributed by atoms with Crippen molar-refractivity contribution in [1.29, 1.82) is 0 Å². The van der Waals surface area contributed by atoms with Crippen LogP contribution in [0, 0.1) is 19.2 Å². The lowest BCUT2D eigenvalue weighted by Gasteiger charge is -2.17. The molecular formula is C9H8F3NO2. The SMILES string of the molecule is [CH]OC(c1ccc(C)[n+]([O-])c1)C(F)(F)F. The first-order chi connectivity index (χ1) is 6.86. The minimum Gasteiger partial charge on any atom is -0.618 e. The molecule has 0 aliphatic heterocycles. The van der Waals surface area contributed by atoms with Gasteiger partial charge in [-0.05, 0) is 6.07 Å². The summed E-state index contributed by atoms with van der Waals surface area (Å²) >= 11 is 0. The van der Waals surface area contributed by atoms with Gasteiger partial charge in [-0.1, -0.05) is 0 Å². The van der Waals surface area contributed by atoms with E-state index < -0.39 is 12.3 Å². The van der Waals surface area contributed by atoms with E-state index in [1.165, 1.54) is 13.0 Å². The molecule has 2 radical (unpaired) electrons. The molecule has 0 amide bonds. The van der Waals surface area contributed by atoms with Crippen molar-refractivity contribution in [3.63, 3.8) is 0 Å². The molecule has 0 aliphatic carbocycles. The number of alkyl halides is 3. The van der Waals surface area contributed by atoms with Crippen LogP contribution in [-0.4, -0.2) is 6.18 Å². The number of pyridine rings is 1. The largest absolute Gasteiger partial charge is 0.618 e. The van der Waals surface area contributed by atoms with Crippen LogP contribution >= 0.6 is 0 Å². The number of hydrogen-bond donors (Lipinski definition) is 0. The van der Waals surface area contributed by atoms with Gasteiger partial charge in [-0.15, -0.1) is 0 Å². The van der Waals surface area contributed by atoms with Crippen molar-refractivity contribution in [3.05, 3.63) is 41.9 Å². The van der Waals surface area contributed by atoms with E-state index in [2.05, 4.69) is 11.8 Å². The highest BCUT2D eigenvalue weighted by atomic mass is 19.4. The second-order valence-corrected chi connectivity index (χ2v) is 2.99. The molecule has 0 aromatic carbocycles. The Morgan fingerprint density at radius 2 is 2.07 bits per heavy atom. The van der Waals surface area contributed by atoms with Crippen molar-refractivity contribution < 1.29 is 22.6 Å². The molecule has 6 heteroatoms. The lowest BCUT2D eigenvalue weighted by atomic mass is 10.1. The fourth-order valence-corrected chi connectivity index (χ4v) is 1.07. The van der Waals surface area contributed by atoms with Gasteiger partial charge in [0.2, 0.25) is 0 Å². The van der Waals surface area contributed by atoms with Crippen LogP contribution in [0.4, 0.5) is 13.2 Å². The number of ether oxygens (including phenoxy) is 1. The number of aryl methyl sites for hydroxylation is 1. The zero-order valence-electron chi connectivity index (χ0n) is 7.78. The summed E-state index contributed by atoms with van der Waals surface area (Å²) < 4.78 is 41.1. The van der Waals surface area contributed by atoms with Gasteiger partial charge in [0.15, 0.2) is 18.0 Å². The molecule has 1 rings (SSSR count). The average molecular weight is 219 g/mol. The third kappa shape index (κ3) is 2.59. The number of rotatable bonds is 2. The minimum atomic E-state index is -4.64. The summed E-state index contributed by atoms with van der Waals surface area (Å²) in [6.07, 6.45) is -6.13. The maximum Gasteiger partial charge on any atom is 0.419 e. The van der Waals surface area contributed by atoms with Crippen molar-refractivity contribution in [2.45, 2.75) is 19.2 Å². The number of nitrogens with zero attached hydrogens (tertiary/aromatic N) is 1. The van der Waals surface area contributed by atoms with Crippen LogP contribution in [0.25, 0.3) is 0 Å². The summed E-state index contributed by atoms with van der Waals surface area (Å²) in [7, 11) is 4.55. The van der Waals surface area contributed by atoms with Crippen LogP contribution in [0.1, 0.15) is 17.4 Å². The van der Waals surface area contributed by atoms with Crippen molar-refractivity contribution in [2.75, 3.05) is 0 Å². The van der Waals surface area contributed by atoms with Gasteiger partial charge < -0.3 is 9.94 Å². The second-order valence-electron chi connectivity index (χ2n) is 2.99. The molecule has 1 aromatic rings. The second kappa shape index (κ2) is 4.06. The summed E-state index contributed by atoms with van der Waals surface area (Å²) in [5.41, 5.74) is -0.0395. The van der Waals surface area contributed by atoms with Gasteiger partial charge >= 0.3 is 6.18 Å². The first-order valence-electron chi connectivity index (χ1n) is 3.98. The maximum absolute atomic E-state index is 12.3. The summed E-state index contributed by atoms with van der Waals surface area (Å²) in [5, 5.41) is 11.0. The van der Waals surface area contributed by atoms with Crippen LogP contribution < -0.4 is 4.73 Å². The molecule has 0 aliphatic rings. The Kier molecular flexibility index (Phi) is 3.18. The highest BCUT2D eigenvalue weighted by Gasteiger charge is 2.42. The lowest BCUT2D eigenvalue weighted by molar-refractivity contribution is -0.613. The molecule has 1 unspecified atom stereocenters. The third-order valence-electron chi connectivity index (χ3n) is 1.87. The van der Waals surface area contributed by atoms with E-state index >= 15 is 0 Å². The minimum absolute atomic E-state index is 0.289. The average Bonchev–Trinajstić information content (AvgIpc) is 2.10. The van der Waals surface area contributed by atoms with E-state index in [4.69, 9.17) is 0 Å². The van der Waals surface area contributed by atoms with Crippen LogP contribution in [0.2, 0.25) is 0 Å². The molecule has 0 N–H and O–H groups in total. The quantitative estimate of drug-likeness (QED) is 0.562. The molecule has 15 heavy (non-hydrogen) atoms. The Morgan fingerprint density at radius 3 is 2.47 bits per heavy atom. The summed E-state index contributed by atoms with van der Waals surface area (Å²) in [4.78, 5) is 0. The fourth-order valence-electron chi connectivity index (χ4n) is 1.07. The first kappa shape index (κ1) is 11.8. The Morgan fingerprint density at radius 1 is 1.47 bits per heavy atom. The van der Waals surface area contributed by atoms with E-state index in [0.717, 1.165) is 12.3 Å². The smallest absolute Gasteiger partial charge is 0.419 e. The van der Waals surface area contributed by atoms with E-state index in [1.54, 1.807) is 0 Å². The van der Waals surface area contributed by atoms with Gasteiger partial charge in [-0.25, -0.2) is 0 Å². The predicted molar refractivity (Wildman–Crippen MR) is 44.3 cm³/mol. The van der Waals surface area contributed by atoms with Gasteiger partial charge in [0.05, 0.1) is 5.56 Å². The van der Waals surface area contributed by atoms with Crippen LogP contribution in [-0.2, 0) is 4.74 Å². The van der Waals surface area contributed by atoms with E-state index in [9.17, 15) is 18.4 Å². The standard InChI is InChI=1S/C9H8F3NO2/c1-6-3-4-7(5-13(6)14)8(15-2)9(10,11)12/h2-5,8H,1H3. The topological polar surface area (TPSA) is 36.2 Å². The summed E-state index contributed by atoms with van der Waals surface area (Å²) in [5.74, 6) is 0. The van der Waals surface area contributed by atoms with Crippen molar-refractivity contribution in [2.24, 2.45) is 0 Å². The van der Waals surface area contributed by atoms with Gasteiger partial charge in [-0.3, -0.25) is 0 Å². The van der Waals surface area contributed by atoms with Gasteiger partial charge in [0.25, 0.3) is 0 Å². The highest BCUT2D eigenvalue weighted by Crippen LogP contribution is 2.34. The molecule has 1 heterocycles. The van der Waals surface area contributed by atoms with Crippen molar-refractivity contribution >= 4 is 0 Å². The van der Waals surface area contributed by atoms with E-state index in [1.807, 2.05) is 0 Å². The zero-order valence-corrected chi connectivity index (χ0v) is 7.78. The molecule has 82 valence electrons. The van der Waals surface area contributed by atoms with Crippen LogP contribution in [0.5, 0.6) is 0 Å². The van der Waals surface area contributed by atoms with Gasteiger partial charge in [-0.2, -0.15) is 17.9 Å². The molecule has 1 atom stereocenters. The van der Waals surface area contributed by atoms with Crippen molar-refractivity contribution in [3.8, 4) is 0 Å².